The van der Waals surface area contributed by atoms with Gasteiger partial charge in [-0.1, -0.05) is 25.1 Å². The van der Waals surface area contributed by atoms with Crippen molar-refractivity contribution in [3.8, 4) is 51.3 Å². The van der Waals surface area contributed by atoms with Gasteiger partial charge in [-0.25, -0.2) is 0 Å². The minimum absolute atomic E-state index is 0.216. The third-order valence-electron chi connectivity index (χ3n) is 7.45. The number of aromatic nitrogens is 6. The Morgan fingerprint density at radius 2 is 1.25 bits per heavy atom. The van der Waals surface area contributed by atoms with Crippen LogP contribution in [0.25, 0.3) is 22.5 Å². The molecule has 0 fully saturated rings. The molecule has 1 amide bonds. The molecule has 0 spiro atoms. The molecule has 3 aromatic carbocycles. The number of aryl methyl sites for hydroxylation is 2. The van der Waals surface area contributed by atoms with Gasteiger partial charge in [0.15, 0.2) is 0 Å². The normalized spacial score (nSPS) is 10.5. The zero-order valence-corrected chi connectivity index (χ0v) is 29.0. The first-order chi connectivity index (χ1) is 25.3. The number of nitrogen functional groups attached to an aromatic ring is 1. The number of amides is 1. The van der Waals surface area contributed by atoms with Crippen molar-refractivity contribution in [3.05, 3.63) is 140 Å². The van der Waals surface area contributed by atoms with Crippen LogP contribution < -0.4 is 25.3 Å². The Morgan fingerprint density at radius 3 is 1.83 bits per heavy atom. The van der Waals surface area contributed by atoms with Gasteiger partial charge in [-0.15, -0.1) is 0 Å². The molecule has 262 valence electrons. The van der Waals surface area contributed by atoms with Gasteiger partial charge in [-0.3, -0.25) is 24.1 Å². The Balaban J connectivity index is 0.000000198. The van der Waals surface area contributed by atoms with Crippen LogP contribution >= 0.6 is 0 Å². The number of carbonyl (C=O) groups excluding carboxylic acids is 1. The molecule has 0 aliphatic carbocycles. The summed E-state index contributed by atoms with van der Waals surface area (Å²) < 4.78 is 20.9. The second-order valence-electron chi connectivity index (χ2n) is 11.7. The molecular formula is C40H38N8O4. The third-order valence-corrected chi connectivity index (χ3v) is 7.45. The summed E-state index contributed by atoms with van der Waals surface area (Å²) in [5, 5.41) is 11.2. The lowest BCUT2D eigenvalue weighted by Gasteiger charge is -2.10. The quantitative estimate of drug-likeness (QED) is 0.128. The van der Waals surface area contributed by atoms with Crippen LogP contribution in [0.15, 0.2) is 134 Å². The number of pyridine rings is 2. The van der Waals surface area contributed by atoms with Crippen LogP contribution in [0, 0.1) is 0 Å². The number of carbonyl (C=O) groups is 1. The van der Waals surface area contributed by atoms with E-state index in [9.17, 15) is 4.79 Å². The summed E-state index contributed by atoms with van der Waals surface area (Å²) in [6.45, 7) is 2.65. The van der Waals surface area contributed by atoms with Crippen LogP contribution in [0.1, 0.15) is 23.7 Å². The first-order valence-corrected chi connectivity index (χ1v) is 16.6. The van der Waals surface area contributed by atoms with Gasteiger partial charge in [0.1, 0.15) is 28.7 Å². The highest BCUT2D eigenvalue weighted by atomic mass is 16.5. The van der Waals surface area contributed by atoms with Gasteiger partial charge in [0.2, 0.25) is 0 Å². The molecule has 0 unspecified atom stereocenters. The zero-order chi connectivity index (χ0) is 36.3. The SMILES string of the molecule is CCCOc1cccc(C(=O)Nc2cccc(Oc3ccnc(-c4cnn(C)c4)c3)c2)c1.Cn1cc(-c2cc(Oc3cccc(N)c3)ccn2)cn1. The number of hydrogen-bond donors (Lipinski definition) is 2. The Hall–Kier alpha value is -6.95. The average Bonchev–Trinajstić information content (AvgIpc) is 3.79. The van der Waals surface area contributed by atoms with Crippen LogP contribution in [0.2, 0.25) is 0 Å². The Labute approximate surface area is 301 Å². The summed E-state index contributed by atoms with van der Waals surface area (Å²) >= 11 is 0. The number of ether oxygens (including phenoxy) is 3. The summed E-state index contributed by atoms with van der Waals surface area (Å²) in [6.07, 6.45) is 11.6. The summed E-state index contributed by atoms with van der Waals surface area (Å²) in [7, 11) is 3.73. The van der Waals surface area contributed by atoms with E-state index >= 15 is 0 Å². The highest BCUT2D eigenvalue weighted by molar-refractivity contribution is 6.04. The van der Waals surface area contributed by atoms with Gasteiger partial charge in [-0.2, -0.15) is 10.2 Å². The molecule has 0 radical (unpaired) electrons. The van der Waals surface area contributed by atoms with Crippen LogP contribution in [0.3, 0.4) is 0 Å². The first kappa shape index (κ1) is 34.9. The molecule has 52 heavy (non-hydrogen) atoms. The van der Waals surface area contributed by atoms with Crippen LogP contribution in [-0.2, 0) is 14.1 Å². The molecular weight excluding hydrogens is 656 g/mol. The molecule has 0 saturated carbocycles. The number of nitrogens with zero attached hydrogens (tertiary/aromatic N) is 6. The van der Waals surface area contributed by atoms with Crippen molar-refractivity contribution in [1.29, 1.82) is 0 Å². The van der Waals surface area contributed by atoms with E-state index in [0.29, 0.717) is 52.3 Å². The van der Waals surface area contributed by atoms with E-state index < -0.39 is 0 Å². The maximum Gasteiger partial charge on any atom is 0.255 e. The lowest BCUT2D eigenvalue weighted by Crippen LogP contribution is -2.12. The summed E-state index contributed by atoms with van der Waals surface area (Å²) in [5.41, 5.74) is 11.0. The molecule has 0 aliphatic rings. The molecule has 0 bridgehead atoms. The highest BCUT2D eigenvalue weighted by Crippen LogP contribution is 2.28. The molecule has 7 rings (SSSR count). The highest BCUT2D eigenvalue weighted by Gasteiger charge is 2.10. The van der Waals surface area contributed by atoms with E-state index in [1.54, 1.807) is 64.5 Å². The predicted molar refractivity (Wildman–Crippen MR) is 201 cm³/mol. The van der Waals surface area contributed by atoms with E-state index in [1.165, 1.54) is 0 Å². The smallest absolute Gasteiger partial charge is 0.255 e. The van der Waals surface area contributed by atoms with Gasteiger partial charge in [-0.05, 0) is 61.0 Å². The van der Waals surface area contributed by atoms with Crippen molar-refractivity contribution < 1.29 is 19.0 Å². The molecule has 0 aliphatic heterocycles. The van der Waals surface area contributed by atoms with E-state index in [2.05, 4.69) is 25.5 Å². The molecule has 0 atom stereocenters. The number of nitrogens with one attached hydrogen (secondary N) is 1. The second kappa shape index (κ2) is 16.6. The summed E-state index contributed by atoms with van der Waals surface area (Å²) in [5.74, 6) is 3.12. The third kappa shape index (κ3) is 9.60. The Morgan fingerprint density at radius 1 is 0.692 bits per heavy atom. The number of anilines is 2. The standard InChI is InChI=1S/C25H24N4O3.C15H14N4O/c1-3-12-31-21-8-4-6-18(13-21)25(30)28-20-7-5-9-22(14-20)32-23-10-11-26-24(15-23)19-16-27-29(2)17-19;1-19-10-11(9-18-19)15-8-14(5-6-17-15)20-13-4-2-3-12(16)7-13/h4-11,13-17H,3,12H2,1-2H3,(H,28,30);2-10H,16H2,1H3. The van der Waals surface area contributed by atoms with Crippen LogP contribution in [-0.4, -0.2) is 42.0 Å². The largest absolute Gasteiger partial charge is 0.494 e. The van der Waals surface area contributed by atoms with Crippen molar-refractivity contribution in [2.45, 2.75) is 13.3 Å². The van der Waals surface area contributed by atoms with Crippen LogP contribution in [0.5, 0.6) is 28.7 Å². The maximum absolute atomic E-state index is 12.7. The zero-order valence-electron chi connectivity index (χ0n) is 29.0. The molecule has 0 saturated heterocycles. The first-order valence-electron chi connectivity index (χ1n) is 16.6. The Bertz CT molecular complexity index is 2260. The van der Waals surface area contributed by atoms with Gasteiger partial charge in [0, 0.05) is 91.2 Å². The van der Waals surface area contributed by atoms with Gasteiger partial charge in [0.25, 0.3) is 5.91 Å². The van der Waals surface area contributed by atoms with E-state index in [4.69, 9.17) is 19.9 Å². The summed E-state index contributed by atoms with van der Waals surface area (Å²) in [4.78, 5) is 21.4. The van der Waals surface area contributed by atoms with Crippen molar-refractivity contribution >= 4 is 17.3 Å². The number of rotatable bonds is 11. The van der Waals surface area contributed by atoms with Crippen LogP contribution in [0.4, 0.5) is 11.4 Å². The van der Waals surface area contributed by atoms with E-state index in [1.807, 2.05) is 100 Å². The minimum Gasteiger partial charge on any atom is -0.494 e. The number of hydrogen-bond acceptors (Lipinski definition) is 9. The molecule has 3 N–H and O–H groups in total. The average molecular weight is 695 g/mol. The molecule has 12 nitrogen and oxygen atoms in total. The molecule has 12 heteroatoms. The Kier molecular flexibility index (Phi) is 11.2. The van der Waals surface area contributed by atoms with Crippen molar-refractivity contribution in [1.82, 2.24) is 29.5 Å². The maximum atomic E-state index is 12.7. The topological polar surface area (TPSA) is 144 Å². The van der Waals surface area contributed by atoms with E-state index in [-0.39, 0.29) is 5.91 Å². The molecule has 7 aromatic rings. The van der Waals surface area contributed by atoms with Crippen molar-refractivity contribution in [2.24, 2.45) is 14.1 Å². The molecule has 4 aromatic heterocycles. The monoisotopic (exact) mass is 694 g/mol. The fraction of sp³-hybridized carbons (Fsp3) is 0.125. The lowest BCUT2D eigenvalue weighted by molar-refractivity contribution is 0.102. The fourth-order valence-electron chi connectivity index (χ4n) is 5.01. The van der Waals surface area contributed by atoms with Crippen molar-refractivity contribution in [3.63, 3.8) is 0 Å². The number of nitrogens with two attached hydrogens (primary N) is 1. The van der Waals surface area contributed by atoms with Crippen molar-refractivity contribution in [2.75, 3.05) is 17.7 Å². The van der Waals surface area contributed by atoms with E-state index in [0.717, 1.165) is 28.9 Å². The van der Waals surface area contributed by atoms with Gasteiger partial charge < -0.3 is 25.3 Å². The minimum atomic E-state index is -0.216. The van der Waals surface area contributed by atoms with Gasteiger partial charge >= 0.3 is 0 Å². The lowest BCUT2D eigenvalue weighted by atomic mass is 10.2. The van der Waals surface area contributed by atoms with Gasteiger partial charge in [0.05, 0.1) is 30.4 Å². The number of benzene rings is 3. The fourth-order valence-corrected chi connectivity index (χ4v) is 5.01. The molecule has 4 heterocycles. The second-order valence-corrected chi connectivity index (χ2v) is 11.7. The predicted octanol–water partition coefficient (Wildman–Crippen LogP) is 8.17. The summed E-state index contributed by atoms with van der Waals surface area (Å²) in [6, 6.07) is 29.0.